The SMILES string of the molecule is COc1ccc(N(C)CC2CC2C)c(N)c1. The lowest BCUT2D eigenvalue weighted by molar-refractivity contribution is 0.415. The Morgan fingerprint density at radius 3 is 2.69 bits per heavy atom. The number of hydrogen-bond donors (Lipinski definition) is 1. The van der Waals surface area contributed by atoms with Gasteiger partial charge in [0.25, 0.3) is 0 Å². The summed E-state index contributed by atoms with van der Waals surface area (Å²) in [5.74, 6) is 2.53. The fraction of sp³-hybridized carbons (Fsp3) is 0.538. The molecule has 1 saturated carbocycles. The summed E-state index contributed by atoms with van der Waals surface area (Å²) in [5.41, 5.74) is 7.89. The van der Waals surface area contributed by atoms with Gasteiger partial charge in [-0.25, -0.2) is 0 Å². The van der Waals surface area contributed by atoms with Gasteiger partial charge in [0.15, 0.2) is 0 Å². The maximum Gasteiger partial charge on any atom is 0.121 e. The molecule has 0 amide bonds. The molecule has 0 aromatic heterocycles. The van der Waals surface area contributed by atoms with Crippen LogP contribution in [0.3, 0.4) is 0 Å². The van der Waals surface area contributed by atoms with Crippen LogP contribution in [-0.4, -0.2) is 20.7 Å². The molecule has 1 aliphatic rings. The van der Waals surface area contributed by atoms with Crippen LogP contribution in [-0.2, 0) is 0 Å². The van der Waals surface area contributed by atoms with Crippen LogP contribution >= 0.6 is 0 Å². The van der Waals surface area contributed by atoms with Crippen molar-refractivity contribution in [1.29, 1.82) is 0 Å². The fourth-order valence-corrected chi connectivity index (χ4v) is 2.11. The van der Waals surface area contributed by atoms with Crippen molar-refractivity contribution < 1.29 is 4.74 Å². The molecule has 0 bridgehead atoms. The predicted molar refractivity (Wildman–Crippen MR) is 67.9 cm³/mol. The summed E-state index contributed by atoms with van der Waals surface area (Å²) in [5, 5.41) is 0. The second-order valence-electron chi connectivity index (χ2n) is 4.78. The number of methoxy groups -OCH3 is 1. The van der Waals surface area contributed by atoms with Gasteiger partial charge in [0.05, 0.1) is 18.5 Å². The Labute approximate surface area is 97.2 Å². The van der Waals surface area contributed by atoms with Gasteiger partial charge in [-0.05, 0) is 30.4 Å². The largest absolute Gasteiger partial charge is 0.497 e. The second-order valence-corrected chi connectivity index (χ2v) is 4.78. The molecule has 0 aliphatic heterocycles. The summed E-state index contributed by atoms with van der Waals surface area (Å²) in [4.78, 5) is 2.24. The van der Waals surface area contributed by atoms with E-state index in [9.17, 15) is 0 Å². The van der Waals surface area contributed by atoms with E-state index in [4.69, 9.17) is 10.5 Å². The number of ether oxygens (including phenoxy) is 1. The van der Waals surface area contributed by atoms with E-state index in [1.165, 1.54) is 6.42 Å². The van der Waals surface area contributed by atoms with Crippen LogP contribution in [0.4, 0.5) is 11.4 Å². The Bertz CT molecular complexity index is 378. The van der Waals surface area contributed by atoms with Crippen molar-refractivity contribution in [2.75, 3.05) is 31.3 Å². The highest BCUT2D eigenvalue weighted by molar-refractivity contribution is 5.69. The summed E-state index contributed by atoms with van der Waals surface area (Å²) >= 11 is 0. The Morgan fingerprint density at radius 1 is 1.50 bits per heavy atom. The van der Waals surface area contributed by atoms with Crippen molar-refractivity contribution >= 4 is 11.4 Å². The first-order valence-corrected chi connectivity index (χ1v) is 5.76. The molecule has 1 aromatic carbocycles. The predicted octanol–water partition coefficient (Wildman–Crippen LogP) is 2.37. The molecule has 1 fully saturated rings. The number of rotatable bonds is 4. The standard InChI is InChI=1S/C13H20N2O/c1-9-6-10(9)8-15(2)13-5-4-11(16-3)7-12(13)14/h4-5,7,9-10H,6,8,14H2,1-3H3. The highest BCUT2D eigenvalue weighted by Crippen LogP contribution is 2.39. The third-order valence-electron chi connectivity index (χ3n) is 3.43. The molecule has 0 spiro atoms. The molecule has 1 aromatic rings. The number of hydrogen-bond acceptors (Lipinski definition) is 3. The second kappa shape index (κ2) is 4.24. The monoisotopic (exact) mass is 220 g/mol. The van der Waals surface area contributed by atoms with Crippen LogP contribution in [0.1, 0.15) is 13.3 Å². The van der Waals surface area contributed by atoms with Gasteiger partial charge in [-0.2, -0.15) is 0 Å². The lowest BCUT2D eigenvalue weighted by Gasteiger charge is -2.21. The molecule has 2 atom stereocenters. The van der Waals surface area contributed by atoms with Gasteiger partial charge in [0.1, 0.15) is 5.75 Å². The summed E-state index contributed by atoms with van der Waals surface area (Å²) in [6.45, 7) is 3.40. The van der Waals surface area contributed by atoms with Gasteiger partial charge < -0.3 is 15.4 Å². The minimum Gasteiger partial charge on any atom is -0.497 e. The van der Waals surface area contributed by atoms with E-state index in [1.807, 2.05) is 18.2 Å². The van der Waals surface area contributed by atoms with Crippen molar-refractivity contribution in [2.24, 2.45) is 11.8 Å². The molecular formula is C13H20N2O. The fourth-order valence-electron chi connectivity index (χ4n) is 2.11. The average molecular weight is 220 g/mol. The minimum absolute atomic E-state index is 0.787. The van der Waals surface area contributed by atoms with Crippen LogP contribution in [0.25, 0.3) is 0 Å². The van der Waals surface area contributed by atoms with E-state index < -0.39 is 0 Å². The van der Waals surface area contributed by atoms with Gasteiger partial charge in [-0.3, -0.25) is 0 Å². The van der Waals surface area contributed by atoms with E-state index in [0.717, 1.165) is 35.5 Å². The van der Waals surface area contributed by atoms with Crippen molar-refractivity contribution in [2.45, 2.75) is 13.3 Å². The molecule has 2 N–H and O–H groups in total. The quantitative estimate of drug-likeness (QED) is 0.792. The number of anilines is 2. The summed E-state index contributed by atoms with van der Waals surface area (Å²) in [6, 6.07) is 5.86. The Hall–Kier alpha value is -1.38. The van der Waals surface area contributed by atoms with Crippen molar-refractivity contribution in [3.05, 3.63) is 18.2 Å². The van der Waals surface area contributed by atoms with Crippen molar-refractivity contribution in [3.8, 4) is 5.75 Å². The first kappa shape index (κ1) is 11.1. The van der Waals surface area contributed by atoms with Gasteiger partial charge in [-0.1, -0.05) is 6.92 Å². The van der Waals surface area contributed by atoms with E-state index in [0.29, 0.717) is 0 Å². The molecule has 1 aliphatic carbocycles. The molecule has 0 heterocycles. The van der Waals surface area contributed by atoms with Crippen molar-refractivity contribution in [3.63, 3.8) is 0 Å². The van der Waals surface area contributed by atoms with Crippen LogP contribution in [0.15, 0.2) is 18.2 Å². The molecular weight excluding hydrogens is 200 g/mol. The molecule has 2 unspecified atom stereocenters. The first-order valence-electron chi connectivity index (χ1n) is 5.76. The minimum atomic E-state index is 0.787. The van der Waals surface area contributed by atoms with Gasteiger partial charge in [0.2, 0.25) is 0 Å². The topological polar surface area (TPSA) is 38.5 Å². The van der Waals surface area contributed by atoms with Crippen LogP contribution in [0, 0.1) is 11.8 Å². The van der Waals surface area contributed by atoms with Gasteiger partial charge in [0, 0.05) is 19.7 Å². The van der Waals surface area contributed by atoms with Crippen molar-refractivity contribution in [1.82, 2.24) is 0 Å². The number of nitrogens with two attached hydrogens (primary N) is 1. The highest BCUT2D eigenvalue weighted by Gasteiger charge is 2.33. The maximum atomic E-state index is 6.01. The van der Waals surface area contributed by atoms with E-state index in [1.54, 1.807) is 7.11 Å². The third kappa shape index (κ3) is 2.23. The molecule has 2 rings (SSSR count). The lowest BCUT2D eigenvalue weighted by Crippen LogP contribution is -2.21. The number of nitrogens with zero attached hydrogens (tertiary/aromatic N) is 1. The molecule has 0 radical (unpaired) electrons. The molecule has 3 heteroatoms. The van der Waals surface area contributed by atoms with Gasteiger partial charge >= 0.3 is 0 Å². The summed E-state index contributed by atoms with van der Waals surface area (Å²) in [6.07, 6.45) is 1.35. The molecule has 3 nitrogen and oxygen atoms in total. The average Bonchev–Trinajstić information content (AvgIpc) is 2.93. The van der Waals surface area contributed by atoms with E-state index in [-0.39, 0.29) is 0 Å². The molecule has 0 saturated heterocycles. The zero-order valence-corrected chi connectivity index (χ0v) is 10.2. The summed E-state index contributed by atoms with van der Waals surface area (Å²) < 4.78 is 5.14. The normalized spacial score (nSPS) is 22.9. The number of benzene rings is 1. The highest BCUT2D eigenvalue weighted by atomic mass is 16.5. The van der Waals surface area contributed by atoms with E-state index in [2.05, 4.69) is 18.9 Å². The first-order chi connectivity index (χ1) is 7.61. The number of nitrogen functional groups attached to an aromatic ring is 1. The summed E-state index contributed by atoms with van der Waals surface area (Å²) in [7, 11) is 3.76. The Kier molecular flexibility index (Phi) is 2.95. The Balaban J connectivity index is 2.07. The van der Waals surface area contributed by atoms with Crippen LogP contribution in [0.2, 0.25) is 0 Å². The van der Waals surface area contributed by atoms with E-state index >= 15 is 0 Å². The maximum absolute atomic E-state index is 6.01. The zero-order valence-electron chi connectivity index (χ0n) is 10.2. The van der Waals surface area contributed by atoms with Crippen LogP contribution < -0.4 is 15.4 Å². The molecule has 16 heavy (non-hydrogen) atoms. The zero-order chi connectivity index (χ0) is 11.7. The lowest BCUT2D eigenvalue weighted by atomic mass is 10.2. The van der Waals surface area contributed by atoms with Gasteiger partial charge in [-0.15, -0.1) is 0 Å². The smallest absolute Gasteiger partial charge is 0.121 e. The molecule has 88 valence electrons. The Morgan fingerprint density at radius 2 is 2.19 bits per heavy atom. The van der Waals surface area contributed by atoms with Crippen LogP contribution in [0.5, 0.6) is 5.75 Å². The third-order valence-corrected chi connectivity index (χ3v) is 3.43.